The number of benzene rings is 2. The molecule has 5 nitrogen and oxygen atoms in total. The van der Waals surface area contributed by atoms with E-state index in [4.69, 9.17) is 4.74 Å². The fourth-order valence-electron chi connectivity index (χ4n) is 3.13. The topological polar surface area (TPSA) is 72.5 Å². The lowest BCUT2D eigenvalue weighted by Gasteiger charge is -2.29. The molecule has 2 aromatic carbocycles. The minimum absolute atomic E-state index is 0.171. The van der Waals surface area contributed by atoms with E-state index in [9.17, 15) is 13.2 Å². The van der Waals surface area contributed by atoms with Gasteiger partial charge in [-0.05, 0) is 36.6 Å². The molecule has 0 heterocycles. The Kier molecular flexibility index (Phi) is 6.11. The third-order valence-corrected chi connectivity index (χ3v) is 5.99. The van der Waals surface area contributed by atoms with E-state index in [1.165, 1.54) is 6.92 Å². The van der Waals surface area contributed by atoms with Gasteiger partial charge in [-0.1, -0.05) is 66.3 Å². The molecule has 0 aliphatic heterocycles. The van der Waals surface area contributed by atoms with Crippen LogP contribution in [0.4, 0.5) is 0 Å². The molecule has 1 aliphatic rings. The number of esters is 1. The highest BCUT2D eigenvalue weighted by Gasteiger charge is 2.33. The average molecular weight is 397 g/mol. The van der Waals surface area contributed by atoms with Crippen molar-refractivity contribution in [1.29, 1.82) is 0 Å². The predicted octanol–water partition coefficient (Wildman–Crippen LogP) is 3.83. The Balaban J connectivity index is 2.00. The molecule has 146 valence electrons. The highest BCUT2D eigenvalue weighted by molar-refractivity contribution is 7.89. The summed E-state index contributed by atoms with van der Waals surface area (Å²) in [6.45, 7) is 3.22. The molecule has 6 heteroatoms. The van der Waals surface area contributed by atoms with Crippen molar-refractivity contribution >= 4 is 16.0 Å². The number of carbonyl (C=O) groups is 1. The number of aryl methyl sites for hydroxylation is 1. The zero-order valence-corrected chi connectivity index (χ0v) is 16.6. The molecule has 0 bridgehead atoms. The van der Waals surface area contributed by atoms with E-state index in [0.717, 1.165) is 16.7 Å². The van der Waals surface area contributed by atoms with Crippen LogP contribution in [-0.4, -0.2) is 20.4 Å². The number of nitrogens with one attached hydrogen (secondary N) is 1. The molecule has 1 N–H and O–H groups in total. The van der Waals surface area contributed by atoms with E-state index in [2.05, 4.69) is 4.72 Å². The molecule has 0 unspecified atom stereocenters. The van der Waals surface area contributed by atoms with Crippen LogP contribution in [-0.2, 0) is 19.6 Å². The molecule has 0 spiro atoms. The predicted molar refractivity (Wildman–Crippen MR) is 108 cm³/mol. The van der Waals surface area contributed by atoms with Crippen LogP contribution in [0.5, 0.6) is 0 Å². The SMILES string of the molecule is CC(=O)O[C@@H](c1ccccc1)[C@@H](NS(=O)(=O)c1ccc(C)cc1)C1=CC=CC1. The maximum atomic E-state index is 13.0. The van der Waals surface area contributed by atoms with E-state index in [1.807, 2.05) is 55.5 Å². The van der Waals surface area contributed by atoms with E-state index in [1.54, 1.807) is 24.3 Å². The Morgan fingerprint density at radius 1 is 1.07 bits per heavy atom. The summed E-state index contributed by atoms with van der Waals surface area (Å²) in [5.41, 5.74) is 2.54. The lowest BCUT2D eigenvalue weighted by atomic mass is 9.95. The maximum absolute atomic E-state index is 13.0. The van der Waals surface area contributed by atoms with Gasteiger partial charge < -0.3 is 4.74 Å². The summed E-state index contributed by atoms with van der Waals surface area (Å²) in [6, 6.07) is 15.1. The molecule has 2 aromatic rings. The van der Waals surface area contributed by atoms with Crippen LogP contribution < -0.4 is 4.72 Å². The lowest BCUT2D eigenvalue weighted by molar-refractivity contribution is -0.147. The molecule has 0 fully saturated rings. The third kappa shape index (κ3) is 4.77. The molecule has 1 aliphatic carbocycles. The van der Waals surface area contributed by atoms with Gasteiger partial charge in [0.2, 0.25) is 10.0 Å². The van der Waals surface area contributed by atoms with Crippen LogP contribution >= 0.6 is 0 Å². The molecule has 0 aromatic heterocycles. The summed E-state index contributed by atoms with van der Waals surface area (Å²) < 4.78 is 34.4. The van der Waals surface area contributed by atoms with Gasteiger partial charge in [-0.3, -0.25) is 4.79 Å². The Morgan fingerprint density at radius 2 is 1.75 bits per heavy atom. The summed E-state index contributed by atoms with van der Waals surface area (Å²) >= 11 is 0. The van der Waals surface area contributed by atoms with Gasteiger partial charge in [-0.25, -0.2) is 8.42 Å². The van der Waals surface area contributed by atoms with Crippen LogP contribution in [0.15, 0.2) is 83.3 Å². The van der Waals surface area contributed by atoms with Crippen molar-refractivity contribution in [3.05, 3.63) is 89.5 Å². The largest absolute Gasteiger partial charge is 0.456 e. The Morgan fingerprint density at radius 3 is 2.32 bits per heavy atom. The number of ether oxygens (including phenoxy) is 1. The monoisotopic (exact) mass is 397 g/mol. The van der Waals surface area contributed by atoms with Crippen molar-refractivity contribution in [2.45, 2.75) is 37.3 Å². The number of hydrogen-bond donors (Lipinski definition) is 1. The van der Waals surface area contributed by atoms with E-state index >= 15 is 0 Å². The fourth-order valence-corrected chi connectivity index (χ4v) is 4.37. The molecule has 0 radical (unpaired) electrons. The first-order valence-corrected chi connectivity index (χ1v) is 10.5. The van der Waals surface area contributed by atoms with Gasteiger partial charge >= 0.3 is 5.97 Å². The van der Waals surface area contributed by atoms with Crippen molar-refractivity contribution in [3.8, 4) is 0 Å². The second-order valence-corrected chi connectivity index (χ2v) is 8.44. The highest BCUT2D eigenvalue weighted by Crippen LogP contribution is 2.31. The fraction of sp³-hybridized carbons (Fsp3) is 0.227. The van der Waals surface area contributed by atoms with Gasteiger partial charge in [0, 0.05) is 6.92 Å². The molecule has 0 saturated carbocycles. The third-order valence-electron chi connectivity index (χ3n) is 4.54. The zero-order valence-electron chi connectivity index (χ0n) is 15.8. The van der Waals surface area contributed by atoms with Crippen molar-refractivity contribution in [3.63, 3.8) is 0 Å². The summed E-state index contributed by atoms with van der Waals surface area (Å²) in [6.07, 6.45) is 5.49. The van der Waals surface area contributed by atoms with Gasteiger partial charge in [0.25, 0.3) is 0 Å². The van der Waals surface area contributed by atoms with Crippen molar-refractivity contribution in [2.24, 2.45) is 0 Å². The van der Waals surface area contributed by atoms with E-state index in [-0.39, 0.29) is 4.90 Å². The molecule has 2 atom stereocenters. The quantitative estimate of drug-likeness (QED) is 0.721. The Hall–Kier alpha value is -2.70. The number of allylic oxidation sites excluding steroid dienone is 3. The van der Waals surface area contributed by atoms with Crippen molar-refractivity contribution in [1.82, 2.24) is 4.72 Å². The normalized spacial score (nSPS) is 15.7. The maximum Gasteiger partial charge on any atom is 0.303 e. The summed E-state index contributed by atoms with van der Waals surface area (Å²) in [7, 11) is -3.81. The first kappa shape index (κ1) is 20.0. The van der Waals surface area contributed by atoms with Crippen LogP contribution in [0.2, 0.25) is 0 Å². The molecule has 3 rings (SSSR count). The Bertz CT molecular complexity index is 993. The minimum Gasteiger partial charge on any atom is -0.456 e. The second kappa shape index (κ2) is 8.54. The highest BCUT2D eigenvalue weighted by atomic mass is 32.2. The van der Waals surface area contributed by atoms with Crippen molar-refractivity contribution < 1.29 is 17.9 Å². The summed E-state index contributed by atoms with van der Waals surface area (Å²) in [5, 5.41) is 0. The van der Waals surface area contributed by atoms with Crippen LogP contribution in [0.1, 0.15) is 30.6 Å². The smallest absolute Gasteiger partial charge is 0.303 e. The lowest BCUT2D eigenvalue weighted by Crippen LogP contribution is -2.42. The van der Waals surface area contributed by atoms with Gasteiger partial charge in [0.05, 0.1) is 10.9 Å². The number of carbonyl (C=O) groups excluding carboxylic acids is 1. The van der Waals surface area contributed by atoms with E-state index < -0.39 is 28.1 Å². The summed E-state index contributed by atoms with van der Waals surface area (Å²) in [5.74, 6) is -0.472. The van der Waals surface area contributed by atoms with Gasteiger partial charge in [-0.2, -0.15) is 4.72 Å². The zero-order chi connectivity index (χ0) is 20.1. The van der Waals surface area contributed by atoms with E-state index in [0.29, 0.717) is 6.42 Å². The number of rotatable bonds is 7. The molecular weight excluding hydrogens is 374 g/mol. The number of sulfonamides is 1. The van der Waals surface area contributed by atoms with Gasteiger partial charge in [0.15, 0.2) is 0 Å². The Labute approximate surface area is 165 Å². The van der Waals surface area contributed by atoms with Crippen LogP contribution in [0.3, 0.4) is 0 Å². The minimum atomic E-state index is -3.81. The molecular formula is C22H23NO4S. The van der Waals surface area contributed by atoms with Crippen LogP contribution in [0, 0.1) is 6.92 Å². The standard InChI is InChI=1S/C22H23NO4S/c1-16-12-14-20(15-13-16)28(25,26)23-21(18-8-6-7-9-18)22(27-17(2)24)19-10-4-3-5-11-19/h3-8,10-15,21-23H,9H2,1-2H3/t21-,22-/m0/s1. The molecule has 0 amide bonds. The van der Waals surface area contributed by atoms with Crippen molar-refractivity contribution in [2.75, 3.05) is 0 Å². The average Bonchev–Trinajstić information content (AvgIpc) is 3.20. The first-order valence-electron chi connectivity index (χ1n) is 9.03. The van der Waals surface area contributed by atoms with Crippen LogP contribution in [0.25, 0.3) is 0 Å². The number of hydrogen-bond acceptors (Lipinski definition) is 4. The first-order chi connectivity index (χ1) is 13.4. The van der Waals surface area contributed by atoms with Gasteiger partial charge in [0.1, 0.15) is 6.10 Å². The molecule has 0 saturated heterocycles. The second-order valence-electron chi connectivity index (χ2n) is 6.73. The summed E-state index contributed by atoms with van der Waals surface area (Å²) in [4.78, 5) is 12.0. The molecule has 28 heavy (non-hydrogen) atoms. The van der Waals surface area contributed by atoms with Gasteiger partial charge in [-0.15, -0.1) is 0 Å².